The van der Waals surface area contributed by atoms with Gasteiger partial charge in [0.1, 0.15) is 5.54 Å². The molecule has 0 radical (unpaired) electrons. The number of rotatable bonds is 6. The number of unbranched alkanes of at least 4 members (excludes halogenated alkanes) is 1. The summed E-state index contributed by atoms with van der Waals surface area (Å²) in [6.45, 7) is 4.31. The zero-order chi connectivity index (χ0) is 12.2. The molecule has 0 aliphatic carbocycles. The second kappa shape index (κ2) is 5.53. The van der Waals surface area contributed by atoms with Crippen LogP contribution in [-0.2, 0) is 4.79 Å². The summed E-state index contributed by atoms with van der Waals surface area (Å²) in [7, 11) is 0. The molecule has 16 heavy (non-hydrogen) atoms. The van der Waals surface area contributed by atoms with E-state index in [1.165, 1.54) is 4.90 Å². The topological polar surface area (TPSA) is 49.4 Å². The van der Waals surface area contributed by atoms with Crippen molar-refractivity contribution in [3.8, 4) is 0 Å². The van der Waals surface area contributed by atoms with Gasteiger partial charge in [-0.25, -0.2) is 4.79 Å². The molecule has 1 N–H and O–H groups in total. The number of hydrogen-bond donors (Lipinski definition) is 1. The molecule has 1 fully saturated rings. The number of amides is 3. The van der Waals surface area contributed by atoms with Crippen LogP contribution in [0.1, 0.15) is 39.5 Å². The maximum atomic E-state index is 12.1. The molecule has 0 atom stereocenters. The molecule has 92 valence electrons. The number of nitrogens with one attached hydrogen (secondary N) is 1. The van der Waals surface area contributed by atoms with Gasteiger partial charge >= 0.3 is 6.03 Å². The lowest BCUT2D eigenvalue weighted by atomic mass is 9.93. The highest BCUT2D eigenvalue weighted by Crippen LogP contribution is 2.24. The Labute approximate surface area is 101 Å². The Kier molecular flexibility index (Phi) is 4.59. The van der Waals surface area contributed by atoms with Crippen molar-refractivity contribution in [2.24, 2.45) is 0 Å². The predicted octanol–water partition coefficient (Wildman–Crippen LogP) is 2.12. The van der Waals surface area contributed by atoms with Crippen molar-refractivity contribution >= 4 is 23.5 Å². The summed E-state index contributed by atoms with van der Waals surface area (Å²) in [6.07, 6.45) is 2.87. The van der Waals surface area contributed by atoms with Gasteiger partial charge in [0.15, 0.2) is 0 Å². The SMILES string of the molecule is CCC1(CC)NC(=O)N(CCCCCl)C1=O. The van der Waals surface area contributed by atoms with E-state index in [2.05, 4.69) is 5.32 Å². The number of imide groups is 1. The zero-order valence-corrected chi connectivity index (χ0v) is 10.6. The molecule has 1 rings (SSSR count). The average Bonchev–Trinajstić information content (AvgIpc) is 2.53. The average molecular weight is 247 g/mol. The maximum Gasteiger partial charge on any atom is 0.325 e. The van der Waals surface area contributed by atoms with E-state index < -0.39 is 5.54 Å². The van der Waals surface area contributed by atoms with Gasteiger partial charge in [0.05, 0.1) is 0 Å². The standard InChI is InChI=1S/C11H19ClN2O2/c1-3-11(4-2)9(15)14(10(16)13-11)8-6-5-7-12/h3-8H2,1-2H3,(H,13,16). The Morgan fingerprint density at radius 1 is 1.25 bits per heavy atom. The summed E-state index contributed by atoms with van der Waals surface area (Å²) in [5.41, 5.74) is -0.669. The second-order valence-corrected chi connectivity index (χ2v) is 4.45. The van der Waals surface area contributed by atoms with E-state index in [0.717, 1.165) is 12.8 Å². The molecule has 0 aromatic carbocycles. The van der Waals surface area contributed by atoms with Crippen LogP contribution in [0.4, 0.5) is 4.79 Å². The molecule has 1 aliphatic heterocycles. The monoisotopic (exact) mass is 246 g/mol. The Bertz CT molecular complexity index is 277. The van der Waals surface area contributed by atoms with Gasteiger partial charge < -0.3 is 5.32 Å². The number of urea groups is 1. The highest BCUT2D eigenvalue weighted by atomic mass is 35.5. The van der Waals surface area contributed by atoms with Gasteiger partial charge in [-0.1, -0.05) is 13.8 Å². The largest absolute Gasteiger partial charge is 0.325 e. The van der Waals surface area contributed by atoms with Crippen molar-refractivity contribution < 1.29 is 9.59 Å². The lowest BCUT2D eigenvalue weighted by molar-refractivity contribution is -0.131. The van der Waals surface area contributed by atoms with Crippen LogP contribution in [0.5, 0.6) is 0 Å². The third-order valence-corrected chi connectivity index (χ3v) is 3.49. The van der Waals surface area contributed by atoms with Crippen molar-refractivity contribution in [1.82, 2.24) is 10.2 Å². The molecule has 1 saturated heterocycles. The molecule has 0 bridgehead atoms. The second-order valence-electron chi connectivity index (χ2n) is 4.07. The summed E-state index contributed by atoms with van der Waals surface area (Å²) in [5, 5.41) is 2.80. The number of carbonyl (C=O) groups excluding carboxylic acids is 2. The molecule has 0 aromatic rings. The molecular weight excluding hydrogens is 228 g/mol. The molecule has 1 aliphatic rings. The third-order valence-electron chi connectivity index (χ3n) is 3.22. The van der Waals surface area contributed by atoms with E-state index in [9.17, 15) is 9.59 Å². The summed E-state index contributed by atoms with van der Waals surface area (Å²) in [5.74, 6) is 0.480. The summed E-state index contributed by atoms with van der Waals surface area (Å²) < 4.78 is 0. The fourth-order valence-corrected chi connectivity index (χ4v) is 2.16. The van der Waals surface area contributed by atoms with Gasteiger partial charge in [0, 0.05) is 12.4 Å². The van der Waals surface area contributed by atoms with Crippen molar-refractivity contribution in [1.29, 1.82) is 0 Å². The molecule has 5 heteroatoms. The first kappa shape index (κ1) is 13.3. The smallest absolute Gasteiger partial charge is 0.323 e. The highest BCUT2D eigenvalue weighted by Gasteiger charge is 2.48. The zero-order valence-electron chi connectivity index (χ0n) is 9.88. The Hall–Kier alpha value is -0.770. The fraction of sp³-hybridized carbons (Fsp3) is 0.818. The molecule has 3 amide bonds. The summed E-state index contributed by atoms with van der Waals surface area (Å²) in [4.78, 5) is 25.1. The Morgan fingerprint density at radius 2 is 1.88 bits per heavy atom. The maximum absolute atomic E-state index is 12.1. The predicted molar refractivity (Wildman–Crippen MR) is 63.5 cm³/mol. The fourth-order valence-electron chi connectivity index (χ4n) is 1.97. The Balaban J connectivity index is 2.67. The Morgan fingerprint density at radius 3 is 2.31 bits per heavy atom. The normalized spacial score (nSPS) is 19.1. The minimum Gasteiger partial charge on any atom is -0.323 e. The quantitative estimate of drug-likeness (QED) is 0.443. The highest BCUT2D eigenvalue weighted by molar-refractivity contribution is 6.17. The first-order valence-electron chi connectivity index (χ1n) is 5.81. The molecule has 4 nitrogen and oxygen atoms in total. The van der Waals surface area contributed by atoms with E-state index in [-0.39, 0.29) is 11.9 Å². The van der Waals surface area contributed by atoms with Gasteiger partial charge in [-0.3, -0.25) is 9.69 Å². The van der Waals surface area contributed by atoms with Crippen LogP contribution in [-0.4, -0.2) is 34.8 Å². The molecule has 0 saturated carbocycles. The number of carbonyl (C=O) groups is 2. The van der Waals surface area contributed by atoms with Crippen molar-refractivity contribution in [3.63, 3.8) is 0 Å². The van der Waals surface area contributed by atoms with Crippen LogP contribution in [0.3, 0.4) is 0 Å². The number of nitrogens with zero attached hydrogens (tertiary/aromatic N) is 1. The first-order chi connectivity index (χ1) is 7.61. The van der Waals surface area contributed by atoms with Gasteiger partial charge in [0.25, 0.3) is 5.91 Å². The van der Waals surface area contributed by atoms with Gasteiger partial charge in [-0.2, -0.15) is 0 Å². The van der Waals surface area contributed by atoms with Crippen LogP contribution < -0.4 is 5.32 Å². The number of alkyl halides is 1. The third kappa shape index (κ3) is 2.32. The van der Waals surface area contributed by atoms with Crippen LogP contribution in [0, 0.1) is 0 Å². The summed E-state index contributed by atoms with van der Waals surface area (Å²) >= 11 is 5.57. The van der Waals surface area contributed by atoms with Gasteiger partial charge in [0.2, 0.25) is 0 Å². The number of hydrogen-bond acceptors (Lipinski definition) is 2. The summed E-state index contributed by atoms with van der Waals surface area (Å²) in [6, 6.07) is -0.261. The first-order valence-corrected chi connectivity index (χ1v) is 6.34. The van der Waals surface area contributed by atoms with Crippen molar-refractivity contribution in [2.75, 3.05) is 12.4 Å². The van der Waals surface area contributed by atoms with E-state index in [4.69, 9.17) is 11.6 Å². The molecule has 0 aromatic heterocycles. The molecular formula is C11H19ClN2O2. The minimum atomic E-state index is -0.669. The lowest BCUT2D eigenvalue weighted by Crippen LogP contribution is -2.45. The van der Waals surface area contributed by atoms with E-state index >= 15 is 0 Å². The van der Waals surface area contributed by atoms with E-state index in [0.29, 0.717) is 25.3 Å². The van der Waals surface area contributed by atoms with Crippen LogP contribution in [0.2, 0.25) is 0 Å². The van der Waals surface area contributed by atoms with Crippen molar-refractivity contribution in [3.05, 3.63) is 0 Å². The molecule has 1 heterocycles. The van der Waals surface area contributed by atoms with E-state index in [1.54, 1.807) is 0 Å². The van der Waals surface area contributed by atoms with Crippen LogP contribution in [0.15, 0.2) is 0 Å². The van der Waals surface area contributed by atoms with Gasteiger partial charge in [-0.15, -0.1) is 11.6 Å². The molecule has 0 unspecified atom stereocenters. The minimum absolute atomic E-state index is 0.0860. The van der Waals surface area contributed by atoms with Crippen LogP contribution >= 0.6 is 11.6 Å². The van der Waals surface area contributed by atoms with E-state index in [1.807, 2.05) is 13.8 Å². The lowest BCUT2D eigenvalue weighted by Gasteiger charge is -2.23. The van der Waals surface area contributed by atoms with Crippen LogP contribution in [0.25, 0.3) is 0 Å². The number of halogens is 1. The van der Waals surface area contributed by atoms with Crippen molar-refractivity contribution in [2.45, 2.75) is 45.1 Å². The van der Waals surface area contributed by atoms with Gasteiger partial charge in [-0.05, 0) is 25.7 Å². The molecule has 0 spiro atoms.